The van der Waals surface area contributed by atoms with E-state index >= 15 is 0 Å². The van der Waals surface area contributed by atoms with Gasteiger partial charge in [-0.3, -0.25) is 0 Å². The van der Waals surface area contributed by atoms with Gasteiger partial charge in [0.15, 0.2) is 0 Å². The highest BCUT2D eigenvalue weighted by Gasteiger charge is 2.49. The van der Waals surface area contributed by atoms with Gasteiger partial charge in [-0.15, -0.1) is 38.0 Å². The minimum atomic E-state index is -4.75. The van der Waals surface area contributed by atoms with Gasteiger partial charge < -0.3 is 14.5 Å². The van der Waals surface area contributed by atoms with Crippen LogP contribution in [0.4, 0.5) is 23.9 Å². The van der Waals surface area contributed by atoms with Gasteiger partial charge >= 0.3 is 12.5 Å². The lowest BCUT2D eigenvalue weighted by molar-refractivity contribution is -0.274. The molecule has 0 unspecified atom stereocenters. The van der Waals surface area contributed by atoms with Gasteiger partial charge in [-0.05, 0) is 43.9 Å². The quantitative estimate of drug-likeness (QED) is 0.529. The van der Waals surface area contributed by atoms with E-state index < -0.39 is 18.1 Å². The van der Waals surface area contributed by atoms with Crippen LogP contribution in [0.15, 0.2) is 36.7 Å². The molecule has 0 atom stereocenters. The summed E-state index contributed by atoms with van der Waals surface area (Å²) in [6, 6.07) is 5.72. The monoisotopic (exact) mass is 505 g/mol. The van der Waals surface area contributed by atoms with E-state index in [4.69, 9.17) is 4.74 Å². The van der Waals surface area contributed by atoms with Crippen LogP contribution in [0.3, 0.4) is 0 Å². The lowest BCUT2D eigenvalue weighted by Crippen LogP contribution is -2.38. The normalized spacial score (nSPS) is 22.6. The zero-order valence-electron chi connectivity index (χ0n) is 17.0. The van der Waals surface area contributed by atoms with Gasteiger partial charge in [0, 0.05) is 24.4 Å². The van der Waals surface area contributed by atoms with Gasteiger partial charge in [-0.2, -0.15) is 0 Å². The van der Waals surface area contributed by atoms with Crippen LogP contribution in [0.5, 0.6) is 5.75 Å². The number of aromatic amines is 1. The van der Waals surface area contributed by atoms with Crippen LogP contribution in [-0.2, 0) is 4.74 Å². The topological polar surface area (TPSA) is 93.2 Å². The van der Waals surface area contributed by atoms with Gasteiger partial charge in [0.05, 0.1) is 17.6 Å². The van der Waals surface area contributed by atoms with Crippen LogP contribution in [0.1, 0.15) is 37.4 Å². The highest BCUT2D eigenvalue weighted by Crippen LogP contribution is 2.43. The first-order chi connectivity index (χ1) is 14.8. The molecule has 3 aromatic rings. The van der Waals surface area contributed by atoms with Crippen molar-refractivity contribution in [1.82, 2.24) is 19.9 Å². The van der Waals surface area contributed by atoms with E-state index in [1.807, 2.05) is 0 Å². The number of hydrogen-bond donors (Lipinski definition) is 1. The Bertz CT molecular complexity index is 1120. The predicted molar refractivity (Wildman–Crippen MR) is 117 cm³/mol. The summed E-state index contributed by atoms with van der Waals surface area (Å²) in [5.74, 6) is 0.815. The number of alkyl halides is 3. The Labute approximate surface area is 198 Å². The zero-order chi connectivity index (χ0) is 21.6. The number of carbonyl (C=O) groups is 1. The highest BCUT2D eigenvalue weighted by atomic mass is 35.5. The van der Waals surface area contributed by atoms with E-state index in [1.54, 1.807) is 18.5 Å². The molecule has 1 amide bonds. The first-order valence-corrected chi connectivity index (χ1v) is 9.83. The molecule has 1 saturated heterocycles. The van der Waals surface area contributed by atoms with Crippen molar-refractivity contribution in [2.24, 2.45) is 0 Å². The Morgan fingerprint density at radius 3 is 2.52 bits per heavy atom. The van der Waals surface area contributed by atoms with Crippen LogP contribution in [0.2, 0.25) is 0 Å². The molecule has 0 radical (unpaired) electrons. The maximum Gasteiger partial charge on any atom is 0.573 e. The largest absolute Gasteiger partial charge is 0.573 e. The summed E-state index contributed by atoms with van der Waals surface area (Å²) in [7, 11) is 0. The number of halogens is 5. The number of carbonyl (C=O) groups excluding carboxylic acids is 1. The number of aromatic nitrogens is 4. The second-order valence-corrected chi connectivity index (χ2v) is 7.81. The van der Waals surface area contributed by atoms with E-state index in [-0.39, 0.29) is 36.5 Å². The fourth-order valence-electron chi connectivity index (χ4n) is 4.28. The van der Waals surface area contributed by atoms with Crippen LogP contribution in [0.25, 0.3) is 11.0 Å². The Balaban J connectivity index is 0.00000153. The Morgan fingerprint density at radius 1 is 1.15 bits per heavy atom. The summed E-state index contributed by atoms with van der Waals surface area (Å²) >= 11 is 0. The minimum absolute atomic E-state index is 0. The summed E-state index contributed by atoms with van der Waals surface area (Å²) in [4.78, 5) is 29.7. The van der Waals surface area contributed by atoms with E-state index in [0.717, 1.165) is 12.8 Å². The van der Waals surface area contributed by atoms with Gasteiger partial charge in [0.2, 0.25) is 5.95 Å². The van der Waals surface area contributed by atoms with Crippen molar-refractivity contribution in [2.75, 3.05) is 11.4 Å². The number of ether oxygens (including phenoxy) is 2. The molecule has 1 saturated carbocycles. The van der Waals surface area contributed by atoms with Gasteiger partial charge in [0.1, 0.15) is 17.2 Å². The van der Waals surface area contributed by atoms with Crippen molar-refractivity contribution < 1.29 is 27.4 Å². The number of imidazole rings is 1. The molecular formula is C20H20Cl2F3N5O3. The molecule has 5 rings (SSSR count). The zero-order valence-corrected chi connectivity index (χ0v) is 18.7. The third-order valence-corrected chi connectivity index (χ3v) is 5.75. The van der Waals surface area contributed by atoms with Crippen molar-refractivity contribution in [2.45, 2.75) is 43.6 Å². The summed E-state index contributed by atoms with van der Waals surface area (Å²) in [5.41, 5.74) is 0.466. The molecule has 2 fully saturated rings. The second kappa shape index (κ2) is 9.22. The summed E-state index contributed by atoms with van der Waals surface area (Å²) in [5, 5.41) is 0. The molecule has 1 aromatic carbocycles. The molecule has 3 heterocycles. The van der Waals surface area contributed by atoms with Crippen LogP contribution in [0, 0.1) is 0 Å². The lowest BCUT2D eigenvalue weighted by Gasteiger charge is -2.34. The fraction of sp³-hybridized carbons (Fsp3) is 0.400. The average Bonchev–Trinajstić information content (AvgIpc) is 3.29. The molecule has 13 heteroatoms. The van der Waals surface area contributed by atoms with Gasteiger partial charge in [0.25, 0.3) is 0 Å². The van der Waals surface area contributed by atoms with E-state index in [2.05, 4.69) is 24.7 Å². The smallest absolute Gasteiger partial charge is 0.441 e. The first-order valence-electron chi connectivity index (χ1n) is 9.83. The van der Waals surface area contributed by atoms with Crippen molar-refractivity contribution in [1.29, 1.82) is 0 Å². The number of amides is 1. The number of anilines is 1. The predicted octanol–water partition coefficient (Wildman–Crippen LogP) is 5.15. The molecular weight excluding hydrogens is 486 g/mol. The van der Waals surface area contributed by atoms with E-state index in [1.165, 1.54) is 23.1 Å². The fourth-order valence-corrected chi connectivity index (χ4v) is 4.28. The van der Waals surface area contributed by atoms with Crippen LogP contribution < -0.4 is 9.64 Å². The van der Waals surface area contributed by atoms with E-state index in [9.17, 15) is 18.0 Å². The number of fused-ring (bicyclic) bond motifs is 1. The minimum Gasteiger partial charge on any atom is -0.441 e. The molecule has 0 bridgehead atoms. The molecule has 178 valence electrons. The van der Waals surface area contributed by atoms with Crippen molar-refractivity contribution >= 4 is 47.9 Å². The maximum absolute atomic E-state index is 12.4. The third-order valence-electron chi connectivity index (χ3n) is 5.75. The van der Waals surface area contributed by atoms with Crippen molar-refractivity contribution in [3.8, 4) is 5.75 Å². The maximum atomic E-state index is 12.4. The summed E-state index contributed by atoms with van der Waals surface area (Å²) in [6.45, 7) is 0.390. The van der Waals surface area contributed by atoms with Crippen molar-refractivity contribution in [3.63, 3.8) is 0 Å². The standard InChI is InChI=1S/C20H18F3N5O3.2ClH/c21-20(22,23)30-13-2-3-14-15(10-13)27-16(26-14)12-4-6-19(7-5-12)11-28(18(29)31-19)17-24-8-1-9-25-17;;/h1-3,8-10,12H,4-7,11H2,(H,26,27);2*1H/t12-,19-;;. The Morgan fingerprint density at radius 2 is 1.85 bits per heavy atom. The van der Waals surface area contributed by atoms with Crippen molar-refractivity contribution in [3.05, 3.63) is 42.5 Å². The SMILES string of the molecule is Cl.Cl.O=C1O[C@]2(CC[C@H](c3nc4cc(OC(F)(F)F)ccc4[nH]3)CC2)CN1c1ncccn1. The highest BCUT2D eigenvalue weighted by molar-refractivity contribution is 5.88. The number of hydrogen-bond acceptors (Lipinski definition) is 6. The third kappa shape index (κ3) is 5.09. The molecule has 1 spiro atoms. The second-order valence-electron chi connectivity index (χ2n) is 7.81. The molecule has 33 heavy (non-hydrogen) atoms. The first kappa shape index (κ1) is 24.8. The molecule has 2 aromatic heterocycles. The van der Waals surface area contributed by atoms with Crippen LogP contribution >= 0.6 is 24.8 Å². The Kier molecular flexibility index (Phi) is 6.94. The number of nitrogens with zero attached hydrogens (tertiary/aromatic N) is 4. The number of benzene rings is 1. The molecule has 2 aliphatic rings. The molecule has 1 aliphatic carbocycles. The van der Waals surface area contributed by atoms with Gasteiger partial charge in [-0.25, -0.2) is 24.6 Å². The van der Waals surface area contributed by atoms with Crippen LogP contribution in [-0.4, -0.2) is 44.5 Å². The number of H-pyrrole nitrogens is 1. The molecule has 1 aliphatic heterocycles. The summed E-state index contributed by atoms with van der Waals surface area (Å²) in [6.07, 6.45) is 0.686. The van der Waals surface area contributed by atoms with Gasteiger partial charge in [-0.1, -0.05) is 0 Å². The molecule has 1 N–H and O–H groups in total. The Hall–Kier alpha value is -2.79. The number of rotatable bonds is 3. The van der Waals surface area contributed by atoms with E-state index in [0.29, 0.717) is 42.2 Å². The summed E-state index contributed by atoms with van der Waals surface area (Å²) < 4.78 is 47.0. The number of nitrogens with one attached hydrogen (secondary N) is 1. The average molecular weight is 506 g/mol. The lowest BCUT2D eigenvalue weighted by atomic mass is 9.78. The molecule has 8 nitrogen and oxygen atoms in total.